The largest absolute Gasteiger partial charge is 0.297 e. The molecular formula is C16H20F2. The summed E-state index contributed by atoms with van der Waals surface area (Å²) >= 11 is 0. The molecule has 18 heavy (non-hydrogen) atoms. The fourth-order valence-electron chi connectivity index (χ4n) is 1.07. The Kier molecular flexibility index (Phi) is 6.24. The van der Waals surface area contributed by atoms with Crippen molar-refractivity contribution in [2.24, 2.45) is 0 Å². The van der Waals surface area contributed by atoms with Crippen molar-refractivity contribution in [1.29, 1.82) is 0 Å². The van der Waals surface area contributed by atoms with Crippen LogP contribution in [-0.4, -0.2) is 5.92 Å². The number of rotatable bonds is 6. The van der Waals surface area contributed by atoms with Crippen molar-refractivity contribution in [3.63, 3.8) is 0 Å². The van der Waals surface area contributed by atoms with E-state index in [0.717, 1.165) is 5.57 Å². The van der Waals surface area contributed by atoms with Gasteiger partial charge in [-0.1, -0.05) is 55.7 Å². The zero-order valence-corrected chi connectivity index (χ0v) is 11.3. The van der Waals surface area contributed by atoms with E-state index in [2.05, 4.69) is 19.7 Å². The Balaban J connectivity index is 5.04. The van der Waals surface area contributed by atoms with Crippen molar-refractivity contribution in [3.05, 3.63) is 72.4 Å². The van der Waals surface area contributed by atoms with Gasteiger partial charge in [0.1, 0.15) is 0 Å². The second kappa shape index (κ2) is 6.90. The van der Waals surface area contributed by atoms with Gasteiger partial charge in [0.2, 0.25) is 0 Å². The highest BCUT2D eigenvalue weighted by atomic mass is 19.3. The summed E-state index contributed by atoms with van der Waals surface area (Å²) in [5.41, 5.74) is 0.862. The minimum atomic E-state index is -3.14. The van der Waals surface area contributed by atoms with Crippen LogP contribution in [0.3, 0.4) is 0 Å². The molecule has 0 rings (SSSR count). The molecule has 0 saturated carbocycles. The molecule has 0 fully saturated rings. The summed E-state index contributed by atoms with van der Waals surface area (Å²) in [4.78, 5) is 0. The molecule has 0 aliphatic carbocycles. The Morgan fingerprint density at radius 2 is 1.56 bits per heavy atom. The van der Waals surface area contributed by atoms with Gasteiger partial charge in [-0.25, -0.2) is 0 Å². The van der Waals surface area contributed by atoms with E-state index >= 15 is 0 Å². The van der Waals surface area contributed by atoms with E-state index in [1.54, 1.807) is 26.0 Å². The number of alkyl halides is 2. The normalized spacial score (nSPS) is 13.3. The van der Waals surface area contributed by atoms with Crippen LogP contribution in [-0.2, 0) is 0 Å². The molecule has 0 aliphatic rings. The number of halogens is 2. The average molecular weight is 250 g/mol. The summed E-state index contributed by atoms with van der Waals surface area (Å²) < 4.78 is 27.8. The Hall–Kier alpha value is -1.70. The lowest BCUT2D eigenvalue weighted by Gasteiger charge is -2.18. The van der Waals surface area contributed by atoms with E-state index in [4.69, 9.17) is 0 Å². The lowest BCUT2D eigenvalue weighted by molar-refractivity contribution is 0.0921. The maximum absolute atomic E-state index is 13.9. The molecular weight excluding hydrogens is 230 g/mol. The van der Waals surface area contributed by atoms with E-state index in [1.165, 1.54) is 18.2 Å². The standard InChI is InChI=1S/C16H20F2/c1-7-8-9-10-14(5)16(17,18)15(6)11-13(4)12(2)3/h7-11H,2,5-6H2,1,3-4H3/b8-7-,10-9-,13-11-. The van der Waals surface area contributed by atoms with Crippen molar-refractivity contribution in [3.8, 4) is 0 Å². The van der Waals surface area contributed by atoms with Gasteiger partial charge >= 0.3 is 0 Å². The molecule has 98 valence electrons. The maximum Gasteiger partial charge on any atom is 0.297 e. The molecule has 2 heteroatoms. The van der Waals surface area contributed by atoms with Crippen LogP contribution in [0.15, 0.2) is 72.4 Å². The highest BCUT2D eigenvalue weighted by Crippen LogP contribution is 2.32. The van der Waals surface area contributed by atoms with Gasteiger partial charge in [-0.05, 0) is 26.3 Å². The van der Waals surface area contributed by atoms with E-state index in [-0.39, 0.29) is 11.1 Å². The highest BCUT2D eigenvalue weighted by Gasteiger charge is 2.33. The van der Waals surface area contributed by atoms with Crippen molar-refractivity contribution < 1.29 is 8.78 Å². The van der Waals surface area contributed by atoms with E-state index < -0.39 is 5.92 Å². The quantitative estimate of drug-likeness (QED) is 0.554. The molecule has 0 amide bonds. The maximum atomic E-state index is 13.9. The van der Waals surface area contributed by atoms with Crippen LogP contribution >= 0.6 is 0 Å². The summed E-state index contributed by atoms with van der Waals surface area (Å²) in [5, 5.41) is 0. The minimum absolute atomic E-state index is 0.280. The molecule has 0 radical (unpaired) electrons. The second-order valence-corrected chi connectivity index (χ2v) is 4.12. The molecule has 0 aromatic carbocycles. The third-order valence-corrected chi connectivity index (χ3v) is 2.47. The molecule has 0 N–H and O–H groups in total. The zero-order valence-electron chi connectivity index (χ0n) is 11.3. The van der Waals surface area contributed by atoms with E-state index in [1.807, 2.05) is 6.92 Å². The Bertz CT molecular complexity index is 432. The molecule has 0 nitrogen and oxygen atoms in total. The van der Waals surface area contributed by atoms with Crippen LogP contribution in [0.2, 0.25) is 0 Å². The predicted molar refractivity (Wildman–Crippen MR) is 75.8 cm³/mol. The van der Waals surface area contributed by atoms with Gasteiger partial charge in [-0.15, -0.1) is 0 Å². The van der Waals surface area contributed by atoms with Crippen LogP contribution in [0.4, 0.5) is 8.78 Å². The monoisotopic (exact) mass is 250 g/mol. The Labute approximate surface area is 108 Å². The van der Waals surface area contributed by atoms with Crippen molar-refractivity contribution >= 4 is 0 Å². The molecule has 0 saturated heterocycles. The molecule has 0 unspecified atom stereocenters. The number of hydrogen-bond donors (Lipinski definition) is 0. The van der Waals surface area contributed by atoms with Gasteiger partial charge in [0.05, 0.1) is 0 Å². The van der Waals surface area contributed by atoms with Gasteiger partial charge in [-0.2, -0.15) is 8.78 Å². The molecule has 0 heterocycles. The van der Waals surface area contributed by atoms with Crippen LogP contribution in [0.1, 0.15) is 20.8 Å². The molecule has 0 bridgehead atoms. The SMILES string of the molecule is C=C(C)/C(C)=C\C(=C)C(F)(F)C(=C)/C=C\C=C/C. The second-order valence-electron chi connectivity index (χ2n) is 4.12. The van der Waals surface area contributed by atoms with Gasteiger partial charge in [-0.3, -0.25) is 0 Å². The molecule has 0 spiro atoms. The van der Waals surface area contributed by atoms with Crippen LogP contribution < -0.4 is 0 Å². The summed E-state index contributed by atoms with van der Waals surface area (Å²) in [5.74, 6) is -3.14. The van der Waals surface area contributed by atoms with Gasteiger partial charge in [0, 0.05) is 11.1 Å². The first kappa shape index (κ1) is 16.3. The first-order valence-corrected chi connectivity index (χ1v) is 5.63. The fraction of sp³-hybridized carbons (Fsp3) is 0.250. The summed E-state index contributed by atoms with van der Waals surface area (Å²) in [6, 6.07) is 0. The average Bonchev–Trinajstić information content (AvgIpc) is 2.28. The van der Waals surface area contributed by atoms with E-state index in [9.17, 15) is 8.78 Å². The Morgan fingerprint density at radius 1 is 1.00 bits per heavy atom. The lowest BCUT2D eigenvalue weighted by Crippen LogP contribution is -2.19. The highest BCUT2D eigenvalue weighted by molar-refractivity contribution is 5.42. The number of hydrogen-bond acceptors (Lipinski definition) is 0. The van der Waals surface area contributed by atoms with Gasteiger partial charge in [0.15, 0.2) is 0 Å². The van der Waals surface area contributed by atoms with Crippen LogP contribution in [0.5, 0.6) is 0 Å². The third-order valence-electron chi connectivity index (χ3n) is 2.47. The lowest BCUT2D eigenvalue weighted by atomic mass is 9.99. The summed E-state index contributed by atoms with van der Waals surface area (Å²) in [6.07, 6.45) is 7.58. The molecule has 0 aromatic rings. The summed E-state index contributed by atoms with van der Waals surface area (Å²) in [6.45, 7) is 15.8. The fourth-order valence-corrected chi connectivity index (χ4v) is 1.07. The van der Waals surface area contributed by atoms with Crippen LogP contribution in [0, 0.1) is 0 Å². The van der Waals surface area contributed by atoms with Gasteiger partial charge < -0.3 is 0 Å². The topological polar surface area (TPSA) is 0 Å². The Morgan fingerprint density at radius 3 is 2.00 bits per heavy atom. The zero-order chi connectivity index (χ0) is 14.3. The predicted octanol–water partition coefficient (Wildman–Crippen LogP) is 5.39. The van der Waals surface area contributed by atoms with Crippen molar-refractivity contribution in [1.82, 2.24) is 0 Å². The number of allylic oxidation sites excluding steroid dienone is 9. The first-order valence-electron chi connectivity index (χ1n) is 5.63. The smallest absolute Gasteiger partial charge is 0.196 e. The van der Waals surface area contributed by atoms with Crippen molar-refractivity contribution in [2.45, 2.75) is 26.7 Å². The summed E-state index contributed by atoms with van der Waals surface area (Å²) in [7, 11) is 0. The van der Waals surface area contributed by atoms with Crippen molar-refractivity contribution in [2.75, 3.05) is 0 Å². The molecule has 0 atom stereocenters. The minimum Gasteiger partial charge on any atom is -0.196 e. The molecule has 0 aliphatic heterocycles. The van der Waals surface area contributed by atoms with Gasteiger partial charge in [0.25, 0.3) is 5.92 Å². The van der Waals surface area contributed by atoms with Crippen LogP contribution in [0.25, 0.3) is 0 Å². The third kappa shape index (κ3) is 4.66. The molecule has 0 aromatic heterocycles. The first-order chi connectivity index (χ1) is 8.23. The van der Waals surface area contributed by atoms with E-state index in [0.29, 0.717) is 5.57 Å².